The monoisotopic (exact) mass is 486 g/mol. The van der Waals surface area contributed by atoms with Gasteiger partial charge in [0.15, 0.2) is 5.13 Å². The molecule has 0 radical (unpaired) electrons. The molecule has 6 heteroatoms. The lowest BCUT2D eigenvalue weighted by Crippen LogP contribution is -2.30. The van der Waals surface area contributed by atoms with Crippen LogP contribution in [-0.2, 0) is 24.4 Å². The van der Waals surface area contributed by atoms with Crippen LogP contribution in [0.15, 0.2) is 84.2 Å². The molecule has 3 aromatic carbocycles. The number of carboxylic acids is 1. The highest BCUT2D eigenvalue weighted by atomic mass is 32.1. The number of ether oxygens (including phenoxy) is 1. The molecule has 0 fully saturated rings. The fourth-order valence-corrected chi connectivity index (χ4v) is 4.68. The normalized spacial score (nSPS) is 10.9. The van der Waals surface area contributed by atoms with Crippen molar-refractivity contribution < 1.29 is 14.6 Å². The Kier molecular flexibility index (Phi) is 8.16. The van der Waals surface area contributed by atoms with E-state index in [1.165, 1.54) is 5.56 Å². The largest absolute Gasteiger partial charge is 0.489 e. The first kappa shape index (κ1) is 24.5. The number of hydrogen-bond donors (Lipinski definition) is 1. The van der Waals surface area contributed by atoms with Gasteiger partial charge in [-0.3, -0.25) is 4.79 Å². The van der Waals surface area contributed by atoms with E-state index < -0.39 is 5.97 Å². The summed E-state index contributed by atoms with van der Waals surface area (Å²) >= 11 is 1.68. The van der Waals surface area contributed by atoms with Crippen LogP contribution in [0.3, 0.4) is 0 Å². The molecule has 0 aliphatic rings. The van der Waals surface area contributed by atoms with Gasteiger partial charge in [-0.1, -0.05) is 66.7 Å². The molecule has 0 amide bonds. The van der Waals surface area contributed by atoms with Crippen LogP contribution in [-0.4, -0.2) is 22.1 Å². The molecule has 1 aromatic heterocycles. The van der Waals surface area contributed by atoms with E-state index in [2.05, 4.69) is 60.5 Å². The second kappa shape index (κ2) is 11.7. The molecule has 35 heavy (non-hydrogen) atoms. The molecular weight excluding hydrogens is 456 g/mol. The molecule has 1 N–H and O–H groups in total. The Morgan fingerprint density at radius 1 is 0.943 bits per heavy atom. The van der Waals surface area contributed by atoms with Crippen molar-refractivity contribution in [3.63, 3.8) is 0 Å². The predicted molar refractivity (Wildman–Crippen MR) is 142 cm³/mol. The Balaban J connectivity index is 1.34. The zero-order valence-electron chi connectivity index (χ0n) is 20.1. The first-order valence-electron chi connectivity index (χ1n) is 11.8. The third-order valence-electron chi connectivity index (χ3n) is 5.76. The van der Waals surface area contributed by atoms with Crippen molar-refractivity contribution in [2.75, 3.05) is 4.90 Å². The van der Waals surface area contributed by atoms with E-state index in [4.69, 9.17) is 14.8 Å². The zero-order valence-corrected chi connectivity index (χ0v) is 20.9. The summed E-state index contributed by atoms with van der Waals surface area (Å²) in [4.78, 5) is 17.9. The molecule has 4 rings (SSSR count). The van der Waals surface area contributed by atoms with Gasteiger partial charge in [-0.25, -0.2) is 4.98 Å². The van der Waals surface area contributed by atoms with E-state index >= 15 is 0 Å². The third kappa shape index (κ3) is 6.93. The fourth-order valence-electron chi connectivity index (χ4n) is 3.72. The number of benzene rings is 3. The van der Waals surface area contributed by atoms with Gasteiger partial charge in [0.2, 0.25) is 0 Å². The van der Waals surface area contributed by atoms with Gasteiger partial charge in [0.1, 0.15) is 12.4 Å². The van der Waals surface area contributed by atoms with Crippen molar-refractivity contribution in [1.82, 2.24) is 4.98 Å². The average Bonchev–Trinajstić information content (AvgIpc) is 3.36. The summed E-state index contributed by atoms with van der Waals surface area (Å²) in [5, 5.41) is 12.0. The van der Waals surface area contributed by atoms with Crippen LogP contribution in [0.25, 0.3) is 11.3 Å². The van der Waals surface area contributed by atoms with E-state index in [-0.39, 0.29) is 6.42 Å². The summed E-state index contributed by atoms with van der Waals surface area (Å²) in [5.41, 5.74) is 5.47. The van der Waals surface area contributed by atoms with Crippen LogP contribution in [0, 0.1) is 0 Å². The van der Waals surface area contributed by atoms with Crippen LogP contribution >= 0.6 is 11.3 Å². The van der Waals surface area contributed by atoms with Crippen LogP contribution in [0.5, 0.6) is 5.75 Å². The van der Waals surface area contributed by atoms with Crippen molar-refractivity contribution in [2.24, 2.45) is 0 Å². The number of nitrogens with zero attached hydrogens (tertiary/aromatic N) is 2. The lowest BCUT2D eigenvalue weighted by atomic mass is 10.1. The molecule has 180 valence electrons. The highest BCUT2D eigenvalue weighted by Gasteiger charge is 2.16. The number of aliphatic carboxylic acids is 1. The lowest BCUT2D eigenvalue weighted by Gasteiger charge is -2.26. The smallest absolute Gasteiger partial charge is 0.303 e. The van der Waals surface area contributed by atoms with Crippen molar-refractivity contribution in [3.05, 3.63) is 101 Å². The molecule has 1 heterocycles. The van der Waals surface area contributed by atoms with Crippen LogP contribution in [0.4, 0.5) is 5.13 Å². The summed E-state index contributed by atoms with van der Waals surface area (Å²) in [7, 11) is 0. The average molecular weight is 487 g/mol. The van der Waals surface area contributed by atoms with Gasteiger partial charge in [-0.2, -0.15) is 0 Å². The van der Waals surface area contributed by atoms with E-state index in [0.29, 0.717) is 19.1 Å². The number of rotatable bonds is 11. The topological polar surface area (TPSA) is 62.7 Å². The zero-order chi connectivity index (χ0) is 24.6. The maximum absolute atomic E-state index is 10.7. The van der Waals surface area contributed by atoms with Gasteiger partial charge in [0.05, 0.1) is 5.69 Å². The van der Waals surface area contributed by atoms with E-state index in [1.54, 1.807) is 11.3 Å². The molecular formula is C29H30N2O3S. The summed E-state index contributed by atoms with van der Waals surface area (Å²) in [5.74, 6) is -0.00833. The number of anilines is 1. The van der Waals surface area contributed by atoms with Gasteiger partial charge in [0.25, 0.3) is 0 Å². The number of carbonyl (C=O) groups is 1. The number of aryl methyl sites for hydroxylation is 1. The maximum Gasteiger partial charge on any atom is 0.303 e. The van der Waals surface area contributed by atoms with Gasteiger partial charge in [0, 0.05) is 30.0 Å². The lowest BCUT2D eigenvalue weighted by molar-refractivity contribution is -0.136. The maximum atomic E-state index is 10.7. The van der Waals surface area contributed by atoms with Gasteiger partial charge in [-0.15, -0.1) is 11.3 Å². The van der Waals surface area contributed by atoms with E-state index in [9.17, 15) is 4.79 Å². The number of aromatic nitrogens is 1. The number of carboxylic acid groups (broad SMARTS) is 1. The van der Waals surface area contributed by atoms with Gasteiger partial charge >= 0.3 is 5.97 Å². The molecule has 0 spiro atoms. The summed E-state index contributed by atoms with van der Waals surface area (Å²) in [6, 6.07) is 26.7. The van der Waals surface area contributed by atoms with E-state index in [1.807, 2.05) is 42.5 Å². The Labute approximate surface area is 210 Å². The fraction of sp³-hybridized carbons (Fsp3) is 0.241. The van der Waals surface area contributed by atoms with Gasteiger partial charge < -0.3 is 14.7 Å². The van der Waals surface area contributed by atoms with Crippen LogP contribution in [0.1, 0.15) is 37.0 Å². The minimum atomic E-state index is -0.783. The number of thiazole rings is 1. The molecule has 0 atom stereocenters. The Bertz CT molecular complexity index is 1220. The minimum Gasteiger partial charge on any atom is -0.489 e. The Morgan fingerprint density at radius 3 is 2.26 bits per heavy atom. The predicted octanol–water partition coefficient (Wildman–Crippen LogP) is 6.82. The van der Waals surface area contributed by atoms with Crippen molar-refractivity contribution >= 4 is 22.4 Å². The second-order valence-electron chi connectivity index (χ2n) is 8.75. The van der Waals surface area contributed by atoms with Crippen LogP contribution < -0.4 is 9.64 Å². The molecule has 5 nitrogen and oxygen atoms in total. The Morgan fingerprint density at radius 2 is 1.60 bits per heavy atom. The Hall–Kier alpha value is -3.64. The molecule has 0 aliphatic carbocycles. The minimum absolute atomic E-state index is 0.136. The second-order valence-corrected chi connectivity index (χ2v) is 9.58. The molecule has 4 aromatic rings. The van der Waals surface area contributed by atoms with Crippen LogP contribution in [0.2, 0.25) is 0 Å². The highest BCUT2D eigenvalue weighted by Crippen LogP contribution is 2.29. The molecule has 0 bridgehead atoms. The highest BCUT2D eigenvalue weighted by molar-refractivity contribution is 7.14. The van der Waals surface area contributed by atoms with E-state index in [0.717, 1.165) is 39.8 Å². The van der Waals surface area contributed by atoms with Crippen molar-refractivity contribution in [3.8, 4) is 17.0 Å². The SMILES string of the molecule is CC(C)N(Cc1ccc(COc2ccc(CCC(=O)O)cc2)cc1)c1nc(-c2ccccc2)cs1. The third-order valence-corrected chi connectivity index (χ3v) is 6.64. The quantitative estimate of drug-likeness (QED) is 0.252. The summed E-state index contributed by atoms with van der Waals surface area (Å²) in [6.45, 7) is 5.66. The summed E-state index contributed by atoms with van der Waals surface area (Å²) in [6.07, 6.45) is 0.663. The first-order valence-corrected chi connectivity index (χ1v) is 12.6. The number of hydrogen-bond acceptors (Lipinski definition) is 5. The standard InChI is InChI=1S/C29H30N2O3S/c1-21(2)31(29-30-27(20-35-29)25-6-4-3-5-7-25)18-23-8-10-24(11-9-23)19-34-26-15-12-22(13-16-26)14-17-28(32)33/h3-13,15-16,20-21H,14,17-19H2,1-2H3,(H,32,33). The molecule has 0 saturated carbocycles. The molecule has 0 unspecified atom stereocenters. The van der Waals surface area contributed by atoms with Gasteiger partial charge in [-0.05, 0) is 49.1 Å². The summed E-state index contributed by atoms with van der Waals surface area (Å²) < 4.78 is 5.91. The molecule has 0 aliphatic heterocycles. The first-order chi connectivity index (χ1) is 17.0. The van der Waals surface area contributed by atoms with Crippen molar-refractivity contribution in [2.45, 2.75) is 45.9 Å². The molecule has 0 saturated heterocycles. The van der Waals surface area contributed by atoms with Crippen molar-refractivity contribution in [1.29, 1.82) is 0 Å².